The van der Waals surface area contributed by atoms with Crippen LogP contribution >= 0.6 is 11.8 Å². The molecule has 0 bridgehead atoms. The second-order valence-electron chi connectivity index (χ2n) is 3.98. The summed E-state index contributed by atoms with van der Waals surface area (Å²) < 4.78 is 17.6. The smallest absolute Gasteiger partial charge is 0.356 e. The van der Waals surface area contributed by atoms with E-state index in [1.807, 2.05) is 0 Å². The highest BCUT2D eigenvalue weighted by atomic mass is 32.2. The van der Waals surface area contributed by atoms with Gasteiger partial charge in [-0.1, -0.05) is 6.07 Å². The molecule has 0 radical (unpaired) electrons. The van der Waals surface area contributed by atoms with Crippen LogP contribution in [-0.2, 0) is 10.5 Å². The van der Waals surface area contributed by atoms with Crippen LogP contribution in [0.25, 0.3) is 0 Å². The van der Waals surface area contributed by atoms with Crippen LogP contribution in [0.15, 0.2) is 41.3 Å². The largest absolute Gasteiger partial charge is 0.464 e. The van der Waals surface area contributed by atoms with Crippen LogP contribution in [0, 0.1) is 5.82 Å². The lowest BCUT2D eigenvalue weighted by Crippen LogP contribution is -2.05. The summed E-state index contributed by atoms with van der Waals surface area (Å²) in [6.45, 7) is 0. The maximum Gasteiger partial charge on any atom is 0.356 e. The number of esters is 1. The van der Waals surface area contributed by atoms with Crippen LogP contribution < -0.4 is 5.73 Å². The van der Waals surface area contributed by atoms with Gasteiger partial charge in [-0.05, 0) is 30.3 Å². The highest BCUT2D eigenvalue weighted by Gasteiger charge is 2.08. The van der Waals surface area contributed by atoms with E-state index in [4.69, 9.17) is 5.73 Å². The first-order valence-electron chi connectivity index (χ1n) is 5.82. The van der Waals surface area contributed by atoms with Gasteiger partial charge in [0.25, 0.3) is 0 Å². The van der Waals surface area contributed by atoms with Crippen molar-refractivity contribution in [1.82, 2.24) is 4.98 Å². The highest BCUT2D eigenvalue weighted by molar-refractivity contribution is 7.98. The molecule has 1 heterocycles. The molecule has 1 aromatic carbocycles. The summed E-state index contributed by atoms with van der Waals surface area (Å²) in [4.78, 5) is 16.3. The van der Waals surface area contributed by atoms with Crippen molar-refractivity contribution in [2.24, 2.45) is 0 Å². The topological polar surface area (TPSA) is 65.2 Å². The average Bonchev–Trinajstić information content (AvgIpc) is 2.46. The number of rotatable bonds is 4. The second-order valence-corrected chi connectivity index (χ2v) is 4.99. The Bertz CT molecular complexity index is 634. The molecule has 4 nitrogen and oxygen atoms in total. The SMILES string of the molecule is COC(=O)c1cccc(CSc2ccc(F)cc2N)n1. The molecular formula is C14H13FN2O2S. The number of methoxy groups -OCH3 is 1. The number of nitrogen functional groups attached to an aromatic ring is 1. The molecule has 0 aliphatic rings. The van der Waals surface area contributed by atoms with Gasteiger partial charge in [-0.15, -0.1) is 11.8 Å². The lowest BCUT2D eigenvalue weighted by Gasteiger charge is -2.06. The molecule has 0 atom stereocenters. The Hall–Kier alpha value is -2.08. The molecule has 2 N–H and O–H groups in total. The van der Waals surface area contributed by atoms with Crippen molar-refractivity contribution in [3.8, 4) is 0 Å². The van der Waals surface area contributed by atoms with E-state index in [0.717, 1.165) is 10.6 Å². The molecule has 1 aromatic heterocycles. The number of hydrogen-bond acceptors (Lipinski definition) is 5. The number of carbonyl (C=O) groups is 1. The number of nitrogens with zero attached hydrogens (tertiary/aromatic N) is 1. The molecule has 0 saturated heterocycles. The standard InChI is InChI=1S/C14H13FN2O2S/c1-19-14(18)12-4-2-3-10(17-12)8-20-13-6-5-9(15)7-11(13)16/h2-7H,8,16H2,1H3. The fraction of sp³-hybridized carbons (Fsp3) is 0.143. The first kappa shape index (κ1) is 14.3. The molecule has 0 aliphatic heterocycles. The summed E-state index contributed by atoms with van der Waals surface area (Å²) in [6, 6.07) is 9.39. The van der Waals surface area contributed by atoms with Crippen LogP contribution in [-0.4, -0.2) is 18.1 Å². The maximum absolute atomic E-state index is 12.9. The van der Waals surface area contributed by atoms with Crippen molar-refractivity contribution >= 4 is 23.4 Å². The molecule has 0 aliphatic carbocycles. The molecule has 0 spiro atoms. The van der Waals surface area contributed by atoms with E-state index in [2.05, 4.69) is 9.72 Å². The number of hydrogen-bond donors (Lipinski definition) is 1. The Morgan fingerprint density at radius 1 is 1.40 bits per heavy atom. The van der Waals surface area contributed by atoms with E-state index in [1.54, 1.807) is 24.3 Å². The van der Waals surface area contributed by atoms with Gasteiger partial charge in [-0.3, -0.25) is 0 Å². The molecular weight excluding hydrogens is 279 g/mol. The molecule has 0 amide bonds. The molecule has 20 heavy (non-hydrogen) atoms. The number of benzene rings is 1. The van der Waals surface area contributed by atoms with E-state index in [9.17, 15) is 9.18 Å². The summed E-state index contributed by atoms with van der Waals surface area (Å²) in [5, 5.41) is 0. The second kappa shape index (κ2) is 6.38. The minimum atomic E-state index is -0.474. The fourth-order valence-corrected chi connectivity index (χ4v) is 2.43. The van der Waals surface area contributed by atoms with Gasteiger partial charge in [-0.25, -0.2) is 14.2 Å². The Kier molecular flexibility index (Phi) is 4.57. The third kappa shape index (κ3) is 3.48. The summed E-state index contributed by atoms with van der Waals surface area (Å²) in [7, 11) is 1.31. The number of carbonyl (C=O) groups excluding carboxylic acids is 1. The zero-order valence-electron chi connectivity index (χ0n) is 10.8. The van der Waals surface area contributed by atoms with Crippen molar-refractivity contribution < 1.29 is 13.9 Å². The third-order valence-electron chi connectivity index (χ3n) is 2.55. The summed E-state index contributed by atoms with van der Waals surface area (Å²) in [5.74, 6) is -0.309. The first-order chi connectivity index (χ1) is 9.60. The first-order valence-corrected chi connectivity index (χ1v) is 6.81. The van der Waals surface area contributed by atoms with Crippen molar-refractivity contribution in [1.29, 1.82) is 0 Å². The van der Waals surface area contributed by atoms with Gasteiger partial charge in [0.05, 0.1) is 12.8 Å². The van der Waals surface area contributed by atoms with Gasteiger partial charge in [0, 0.05) is 16.3 Å². The van der Waals surface area contributed by atoms with Crippen molar-refractivity contribution in [3.63, 3.8) is 0 Å². The van der Waals surface area contributed by atoms with Gasteiger partial charge in [-0.2, -0.15) is 0 Å². The normalized spacial score (nSPS) is 10.3. The monoisotopic (exact) mass is 292 g/mol. The van der Waals surface area contributed by atoms with Crippen LogP contribution in [0.5, 0.6) is 0 Å². The van der Waals surface area contributed by atoms with E-state index in [-0.39, 0.29) is 11.5 Å². The predicted octanol–water partition coefficient (Wildman–Crippen LogP) is 2.88. The van der Waals surface area contributed by atoms with E-state index >= 15 is 0 Å². The lowest BCUT2D eigenvalue weighted by atomic mass is 10.3. The molecule has 2 aromatic rings. The van der Waals surface area contributed by atoms with Gasteiger partial charge in [0.2, 0.25) is 0 Å². The predicted molar refractivity (Wildman–Crippen MR) is 75.9 cm³/mol. The van der Waals surface area contributed by atoms with Crippen molar-refractivity contribution in [3.05, 3.63) is 53.6 Å². The van der Waals surface area contributed by atoms with Crippen LogP contribution in [0.2, 0.25) is 0 Å². The number of ether oxygens (including phenoxy) is 1. The minimum absolute atomic E-state index is 0.262. The molecule has 0 unspecified atom stereocenters. The Balaban J connectivity index is 2.09. The fourth-order valence-electron chi connectivity index (χ4n) is 1.58. The van der Waals surface area contributed by atoms with Gasteiger partial charge >= 0.3 is 5.97 Å². The van der Waals surface area contributed by atoms with Gasteiger partial charge < -0.3 is 10.5 Å². The van der Waals surface area contributed by atoms with E-state index < -0.39 is 5.97 Å². The summed E-state index contributed by atoms with van der Waals surface area (Å²) in [6.07, 6.45) is 0. The molecule has 6 heteroatoms. The molecule has 2 rings (SSSR count). The molecule has 0 saturated carbocycles. The summed E-state index contributed by atoms with van der Waals surface area (Å²) in [5.41, 5.74) is 7.10. The quantitative estimate of drug-likeness (QED) is 0.533. The number of nitrogens with two attached hydrogens (primary N) is 1. The van der Waals surface area contributed by atoms with E-state index in [0.29, 0.717) is 11.4 Å². The maximum atomic E-state index is 12.9. The molecule has 104 valence electrons. The summed E-state index contributed by atoms with van der Waals surface area (Å²) >= 11 is 1.43. The van der Waals surface area contributed by atoms with Crippen LogP contribution in [0.4, 0.5) is 10.1 Å². The minimum Gasteiger partial charge on any atom is -0.464 e. The Morgan fingerprint density at radius 2 is 2.20 bits per heavy atom. The van der Waals surface area contributed by atoms with Crippen LogP contribution in [0.1, 0.15) is 16.2 Å². The lowest BCUT2D eigenvalue weighted by molar-refractivity contribution is 0.0594. The number of anilines is 1. The van der Waals surface area contributed by atoms with E-state index in [1.165, 1.54) is 31.0 Å². The number of aromatic nitrogens is 1. The van der Waals surface area contributed by atoms with Crippen LogP contribution in [0.3, 0.4) is 0 Å². The Morgan fingerprint density at radius 3 is 2.90 bits per heavy atom. The highest BCUT2D eigenvalue weighted by Crippen LogP contribution is 2.28. The number of pyridine rings is 1. The average molecular weight is 292 g/mol. The third-order valence-corrected chi connectivity index (χ3v) is 3.67. The zero-order valence-corrected chi connectivity index (χ0v) is 11.6. The van der Waals surface area contributed by atoms with Crippen molar-refractivity contribution in [2.75, 3.05) is 12.8 Å². The van der Waals surface area contributed by atoms with Gasteiger partial charge in [0.1, 0.15) is 11.5 Å². The van der Waals surface area contributed by atoms with Gasteiger partial charge in [0.15, 0.2) is 0 Å². The van der Waals surface area contributed by atoms with Crippen molar-refractivity contribution in [2.45, 2.75) is 10.6 Å². The number of thioether (sulfide) groups is 1. The zero-order chi connectivity index (χ0) is 14.5. The number of halogens is 1. The molecule has 0 fully saturated rings. The Labute approximate surface area is 120 Å².